The number of hydrogen-bond acceptors (Lipinski definition) is 5. The van der Waals surface area contributed by atoms with Gasteiger partial charge in [-0.3, -0.25) is 0 Å². The quantitative estimate of drug-likeness (QED) is 0.572. The average Bonchev–Trinajstić information content (AvgIpc) is 3.52. The van der Waals surface area contributed by atoms with Crippen LogP contribution in [0.15, 0.2) is 42.3 Å². The maximum atomic E-state index is 16.8. The molecule has 7 heteroatoms. The van der Waals surface area contributed by atoms with Crippen LogP contribution in [0.2, 0.25) is 0 Å². The predicted molar refractivity (Wildman–Crippen MR) is 131 cm³/mol. The van der Waals surface area contributed by atoms with Crippen molar-refractivity contribution in [2.75, 3.05) is 14.1 Å². The summed E-state index contributed by atoms with van der Waals surface area (Å²) in [5.74, 6) is 0.216. The van der Waals surface area contributed by atoms with Crippen LogP contribution in [-0.2, 0) is 4.74 Å². The van der Waals surface area contributed by atoms with E-state index in [0.29, 0.717) is 12.8 Å². The molecule has 3 heterocycles. The van der Waals surface area contributed by atoms with Crippen LogP contribution in [0.1, 0.15) is 51.0 Å². The molecule has 1 saturated carbocycles. The van der Waals surface area contributed by atoms with Crippen molar-refractivity contribution in [3.05, 3.63) is 47.8 Å². The van der Waals surface area contributed by atoms with E-state index < -0.39 is 29.1 Å². The SMILES string of the molecule is CN(C)[C@H]1C[C@@]23CC[C@@]4(O2)C(=CC[C@]2(C)C(c5ccc6nc[nH]c6c5)=CCC24)CC3(F)[C@@H](O)[C@@H]1O. The van der Waals surface area contributed by atoms with Gasteiger partial charge in [0.15, 0.2) is 5.67 Å². The molecule has 6 nitrogen and oxygen atoms in total. The molecule has 3 fully saturated rings. The van der Waals surface area contributed by atoms with Crippen molar-refractivity contribution in [1.29, 1.82) is 0 Å². The van der Waals surface area contributed by atoms with Gasteiger partial charge in [-0.1, -0.05) is 25.1 Å². The molecule has 3 aliphatic carbocycles. The van der Waals surface area contributed by atoms with E-state index in [2.05, 4.69) is 47.2 Å². The highest BCUT2D eigenvalue weighted by Gasteiger charge is 2.76. The van der Waals surface area contributed by atoms with E-state index >= 15 is 4.39 Å². The average molecular weight is 480 g/mol. The first kappa shape index (κ1) is 22.2. The fourth-order valence-corrected chi connectivity index (χ4v) is 8.53. The van der Waals surface area contributed by atoms with Gasteiger partial charge in [0, 0.05) is 23.8 Å². The molecule has 35 heavy (non-hydrogen) atoms. The van der Waals surface area contributed by atoms with Crippen LogP contribution in [-0.4, -0.2) is 74.3 Å². The van der Waals surface area contributed by atoms with Crippen LogP contribution >= 0.6 is 0 Å². The number of benzene rings is 1. The molecule has 2 unspecified atom stereocenters. The number of likely N-dealkylation sites (N-methyl/N-ethyl adjacent to an activating group) is 1. The Morgan fingerprint density at radius 2 is 2.03 bits per heavy atom. The van der Waals surface area contributed by atoms with E-state index in [4.69, 9.17) is 4.74 Å². The summed E-state index contributed by atoms with van der Waals surface area (Å²) in [5.41, 5.74) is 1.82. The number of halogens is 1. The Balaban J connectivity index is 1.30. The number of nitrogens with zero attached hydrogens (tertiary/aromatic N) is 2. The van der Waals surface area contributed by atoms with Gasteiger partial charge in [-0.05, 0) is 75.0 Å². The van der Waals surface area contributed by atoms with Crippen LogP contribution in [0.25, 0.3) is 16.6 Å². The largest absolute Gasteiger partial charge is 0.389 e. The molecule has 5 aliphatic rings. The smallest absolute Gasteiger partial charge is 0.171 e. The number of aromatic amines is 1. The van der Waals surface area contributed by atoms with Crippen molar-refractivity contribution in [3.63, 3.8) is 0 Å². The molecule has 2 aliphatic heterocycles. The number of hydrogen-bond donors (Lipinski definition) is 3. The van der Waals surface area contributed by atoms with Gasteiger partial charge in [-0.15, -0.1) is 0 Å². The Morgan fingerprint density at radius 3 is 2.83 bits per heavy atom. The van der Waals surface area contributed by atoms with Crippen molar-refractivity contribution in [1.82, 2.24) is 14.9 Å². The molecule has 1 aromatic heterocycles. The number of imidazole rings is 1. The monoisotopic (exact) mass is 479 g/mol. The summed E-state index contributed by atoms with van der Waals surface area (Å²) in [7, 11) is 3.76. The normalized spacial score (nSPS) is 46.3. The Bertz CT molecular complexity index is 1290. The molecule has 2 bridgehead atoms. The minimum absolute atomic E-state index is 0.118. The number of allylic oxidation sites excluding steroid dienone is 3. The molecule has 186 valence electrons. The fraction of sp³-hybridized carbons (Fsp3) is 0.607. The van der Waals surface area contributed by atoms with Crippen molar-refractivity contribution in [2.45, 2.75) is 80.6 Å². The molecule has 2 aromatic rings. The van der Waals surface area contributed by atoms with E-state index in [9.17, 15) is 10.2 Å². The third-order valence-electron chi connectivity index (χ3n) is 10.4. The Hall–Kier alpha value is -2.06. The number of fused-ring (bicyclic) bond motifs is 2. The van der Waals surface area contributed by atoms with Crippen molar-refractivity contribution < 1.29 is 19.3 Å². The number of aromatic nitrogens is 2. The molecule has 2 saturated heterocycles. The second-order valence-corrected chi connectivity index (χ2v) is 12.1. The topological polar surface area (TPSA) is 81.6 Å². The zero-order valence-corrected chi connectivity index (χ0v) is 20.6. The molecule has 1 aromatic carbocycles. The summed E-state index contributed by atoms with van der Waals surface area (Å²) >= 11 is 0. The van der Waals surface area contributed by atoms with Gasteiger partial charge in [0.1, 0.15) is 11.7 Å². The molecule has 2 spiro atoms. The molecule has 0 amide bonds. The summed E-state index contributed by atoms with van der Waals surface area (Å²) in [6, 6.07) is 6.06. The summed E-state index contributed by atoms with van der Waals surface area (Å²) in [4.78, 5) is 9.49. The number of ether oxygens (including phenoxy) is 1. The van der Waals surface area contributed by atoms with Gasteiger partial charge in [-0.25, -0.2) is 9.37 Å². The standard InChI is InChI=1S/C28H34FN3O3/c1-25-9-8-17-13-28(29)24(34)23(33)21(32(2)3)14-26(28)10-11-27(17,35-26)22(25)7-5-18(25)16-4-6-19-20(12-16)31-15-30-19/h4-6,8,12,15,21-24,33-34H,7,9-11,13-14H2,1-3H3,(H,30,31)/t21-,22?,23+,24-,25+,26+,27+,28?/m0/s1. The van der Waals surface area contributed by atoms with Crippen LogP contribution in [0.4, 0.5) is 4.39 Å². The lowest BCUT2D eigenvalue weighted by molar-refractivity contribution is -0.282. The van der Waals surface area contributed by atoms with Crippen molar-refractivity contribution in [2.24, 2.45) is 11.3 Å². The first-order chi connectivity index (χ1) is 16.6. The zero-order valence-electron chi connectivity index (χ0n) is 20.6. The lowest BCUT2D eigenvalue weighted by Crippen LogP contribution is -2.73. The molecule has 8 atom stereocenters. The lowest BCUT2D eigenvalue weighted by Gasteiger charge is -2.61. The minimum atomic E-state index is -1.97. The molecular formula is C28H34FN3O3. The number of rotatable bonds is 2. The van der Waals surface area contributed by atoms with Crippen LogP contribution in [0, 0.1) is 11.3 Å². The summed E-state index contributed by atoms with van der Waals surface area (Å²) < 4.78 is 23.8. The third-order valence-corrected chi connectivity index (χ3v) is 10.4. The maximum absolute atomic E-state index is 16.8. The third kappa shape index (κ3) is 2.55. The van der Waals surface area contributed by atoms with Gasteiger partial charge in [-0.2, -0.15) is 0 Å². The predicted octanol–water partition coefficient (Wildman–Crippen LogP) is 3.76. The molecular weight excluding hydrogens is 445 g/mol. The van der Waals surface area contributed by atoms with Crippen LogP contribution in [0.5, 0.6) is 0 Å². The van der Waals surface area contributed by atoms with E-state index in [1.54, 1.807) is 6.33 Å². The summed E-state index contributed by atoms with van der Waals surface area (Å²) in [6.07, 6.45) is 7.25. The second kappa shape index (κ2) is 6.82. The Kier molecular flexibility index (Phi) is 4.32. The first-order valence-corrected chi connectivity index (χ1v) is 12.9. The first-order valence-electron chi connectivity index (χ1n) is 12.9. The van der Waals surface area contributed by atoms with Gasteiger partial charge >= 0.3 is 0 Å². The van der Waals surface area contributed by atoms with Gasteiger partial charge in [0.25, 0.3) is 0 Å². The van der Waals surface area contributed by atoms with Crippen molar-refractivity contribution >= 4 is 16.6 Å². The highest BCUT2D eigenvalue weighted by Crippen LogP contribution is 2.70. The number of alkyl halides is 1. The van der Waals surface area contributed by atoms with Gasteiger partial charge in [0.05, 0.1) is 29.1 Å². The highest BCUT2D eigenvalue weighted by atomic mass is 19.1. The van der Waals surface area contributed by atoms with Gasteiger partial charge < -0.3 is 24.8 Å². The summed E-state index contributed by atoms with van der Waals surface area (Å²) in [5, 5.41) is 21.9. The van der Waals surface area contributed by atoms with Crippen LogP contribution < -0.4 is 0 Å². The maximum Gasteiger partial charge on any atom is 0.171 e. The summed E-state index contributed by atoms with van der Waals surface area (Å²) in [6.45, 7) is 2.34. The lowest BCUT2D eigenvalue weighted by atomic mass is 9.56. The fourth-order valence-electron chi connectivity index (χ4n) is 8.53. The molecule has 7 rings (SSSR count). The molecule has 3 N–H and O–H groups in total. The van der Waals surface area contributed by atoms with E-state index in [1.807, 2.05) is 19.0 Å². The number of aliphatic hydroxyl groups excluding tert-OH is 2. The van der Waals surface area contributed by atoms with Crippen LogP contribution in [0.3, 0.4) is 0 Å². The van der Waals surface area contributed by atoms with Crippen molar-refractivity contribution in [3.8, 4) is 0 Å². The Morgan fingerprint density at radius 1 is 1.20 bits per heavy atom. The molecule has 0 radical (unpaired) electrons. The minimum Gasteiger partial charge on any atom is -0.389 e. The second-order valence-electron chi connectivity index (χ2n) is 12.1. The van der Waals surface area contributed by atoms with E-state index in [1.165, 1.54) is 11.1 Å². The number of H-pyrrole nitrogens is 1. The number of aliphatic hydroxyl groups is 2. The highest BCUT2D eigenvalue weighted by molar-refractivity contribution is 5.83. The van der Waals surface area contributed by atoms with E-state index in [-0.39, 0.29) is 23.8 Å². The number of nitrogens with one attached hydrogen (secondary N) is 1. The Labute approximate surface area is 204 Å². The zero-order chi connectivity index (χ0) is 24.4. The van der Waals surface area contributed by atoms with Gasteiger partial charge in [0.2, 0.25) is 0 Å². The van der Waals surface area contributed by atoms with E-state index in [0.717, 1.165) is 35.9 Å².